The molecule has 0 aromatic carbocycles. The topological polar surface area (TPSA) is 12.0 Å². The SMILES string of the molecule is CCCCCCCCCC1(C(C)(C)C)CCCN1. The number of rotatable bonds is 8. The fourth-order valence-electron chi connectivity index (χ4n) is 3.42. The minimum Gasteiger partial charge on any atom is -0.311 e. The zero-order chi connectivity index (χ0) is 13.5. The molecule has 1 aliphatic heterocycles. The molecule has 108 valence electrons. The third-order valence-electron chi connectivity index (χ3n) is 4.89. The smallest absolute Gasteiger partial charge is 0.0230 e. The molecule has 0 saturated carbocycles. The van der Waals surface area contributed by atoms with Gasteiger partial charge in [-0.1, -0.05) is 72.6 Å². The summed E-state index contributed by atoms with van der Waals surface area (Å²) >= 11 is 0. The van der Waals surface area contributed by atoms with Crippen molar-refractivity contribution in [2.24, 2.45) is 5.41 Å². The zero-order valence-corrected chi connectivity index (χ0v) is 13.3. The quantitative estimate of drug-likeness (QED) is 0.579. The average Bonchev–Trinajstić information content (AvgIpc) is 2.77. The summed E-state index contributed by atoms with van der Waals surface area (Å²) < 4.78 is 0. The van der Waals surface area contributed by atoms with Gasteiger partial charge >= 0.3 is 0 Å². The second-order valence-corrected chi connectivity index (χ2v) is 7.23. The van der Waals surface area contributed by atoms with Gasteiger partial charge in [-0.05, 0) is 31.2 Å². The predicted octanol–water partition coefficient (Wildman–Crippen LogP) is 5.30. The van der Waals surface area contributed by atoms with Crippen molar-refractivity contribution in [1.82, 2.24) is 5.32 Å². The summed E-state index contributed by atoms with van der Waals surface area (Å²) in [6.07, 6.45) is 14.1. The lowest BCUT2D eigenvalue weighted by molar-refractivity contribution is 0.144. The monoisotopic (exact) mass is 253 g/mol. The van der Waals surface area contributed by atoms with Crippen molar-refractivity contribution >= 4 is 0 Å². The van der Waals surface area contributed by atoms with Crippen molar-refractivity contribution in [2.45, 2.75) is 97.4 Å². The Morgan fingerprint density at radius 2 is 1.56 bits per heavy atom. The first kappa shape index (κ1) is 16.0. The van der Waals surface area contributed by atoms with E-state index in [2.05, 4.69) is 33.0 Å². The molecule has 1 heterocycles. The third-order valence-corrected chi connectivity index (χ3v) is 4.89. The molecule has 1 nitrogen and oxygen atoms in total. The minimum atomic E-state index is 0.408. The van der Waals surface area contributed by atoms with E-state index in [0.717, 1.165) is 0 Å². The van der Waals surface area contributed by atoms with Gasteiger partial charge in [0.15, 0.2) is 0 Å². The summed E-state index contributed by atoms with van der Waals surface area (Å²) in [4.78, 5) is 0. The Bertz CT molecular complexity index is 208. The van der Waals surface area contributed by atoms with Crippen LogP contribution in [0.4, 0.5) is 0 Å². The van der Waals surface area contributed by atoms with Crippen LogP contribution in [0.15, 0.2) is 0 Å². The molecule has 1 fully saturated rings. The first-order valence-corrected chi connectivity index (χ1v) is 8.27. The molecule has 0 bridgehead atoms. The second-order valence-electron chi connectivity index (χ2n) is 7.23. The number of nitrogens with one attached hydrogen (secondary N) is 1. The molecule has 0 radical (unpaired) electrons. The van der Waals surface area contributed by atoms with Gasteiger partial charge in [-0.25, -0.2) is 0 Å². The molecule has 1 unspecified atom stereocenters. The van der Waals surface area contributed by atoms with Crippen LogP contribution < -0.4 is 5.32 Å². The van der Waals surface area contributed by atoms with Crippen LogP contribution in [0, 0.1) is 5.41 Å². The molecule has 0 amide bonds. The Labute approximate surface area is 115 Å². The largest absolute Gasteiger partial charge is 0.311 e. The van der Waals surface area contributed by atoms with Crippen molar-refractivity contribution in [1.29, 1.82) is 0 Å². The van der Waals surface area contributed by atoms with Crippen LogP contribution in [0.1, 0.15) is 91.9 Å². The van der Waals surface area contributed by atoms with Gasteiger partial charge in [0.05, 0.1) is 0 Å². The summed E-state index contributed by atoms with van der Waals surface area (Å²) in [5.74, 6) is 0. The number of unbranched alkanes of at least 4 members (excludes halogenated alkanes) is 6. The van der Waals surface area contributed by atoms with Crippen LogP contribution in [0.3, 0.4) is 0 Å². The van der Waals surface area contributed by atoms with Crippen LogP contribution in [-0.2, 0) is 0 Å². The molecule has 1 heteroatoms. The summed E-state index contributed by atoms with van der Waals surface area (Å²) in [7, 11) is 0. The molecule has 0 aliphatic carbocycles. The van der Waals surface area contributed by atoms with E-state index in [-0.39, 0.29) is 0 Å². The Morgan fingerprint density at radius 1 is 0.944 bits per heavy atom. The standard InChI is InChI=1S/C17H35N/c1-5-6-7-8-9-10-11-13-17(16(2,3)4)14-12-15-18-17/h18H,5-15H2,1-4H3. The van der Waals surface area contributed by atoms with E-state index in [4.69, 9.17) is 0 Å². The van der Waals surface area contributed by atoms with Gasteiger partial charge in [0.25, 0.3) is 0 Å². The van der Waals surface area contributed by atoms with Crippen molar-refractivity contribution in [2.75, 3.05) is 6.54 Å². The number of hydrogen-bond donors (Lipinski definition) is 1. The summed E-state index contributed by atoms with van der Waals surface area (Å²) in [6.45, 7) is 10.7. The van der Waals surface area contributed by atoms with E-state index in [1.807, 2.05) is 0 Å². The van der Waals surface area contributed by atoms with Crippen LogP contribution in [0.25, 0.3) is 0 Å². The summed E-state index contributed by atoms with van der Waals surface area (Å²) in [6, 6.07) is 0. The minimum absolute atomic E-state index is 0.408. The van der Waals surface area contributed by atoms with Gasteiger partial charge in [0, 0.05) is 5.54 Å². The Kier molecular flexibility index (Phi) is 6.70. The zero-order valence-electron chi connectivity index (χ0n) is 13.3. The van der Waals surface area contributed by atoms with Gasteiger partial charge in [-0.3, -0.25) is 0 Å². The maximum atomic E-state index is 3.82. The molecule has 1 saturated heterocycles. The summed E-state index contributed by atoms with van der Waals surface area (Å²) in [5.41, 5.74) is 0.835. The highest BCUT2D eigenvalue weighted by atomic mass is 15.0. The Hall–Kier alpha value is -0.0400. The van der Waals surface area contributed by atoms with Gasteiger partial charge in [-0.2, -0.15) is 0 Å². The fraction of sp³-hybridized carbons (Fsp3) is 1.00. The third kappa shape index (κ3) is 4.57. The maximum Gasteiger partial charge on any atom is 0.0230 e. The molecular weight excluding hydrogens is 218 g/mol. The van der Waals surface area contributed by atoms with E-state index < -0.39 is 0 Å². The second kappa shape index (κ2) is 7.53. The molecule has 1 atom stereocenters. The van der Waals surface area contributed by atoms with Crippen LogP contribution in [0.5, 0.6) is 0 Å². The van der Waals surface area contributed by atoms with Crippen LogP contribution in [0.2, 0.25) is 0 Å². The molecule has 0 aromatic rings. The van der Waals surface area contributed by atoms with Gasteiger partial charge < -0.3 is 5.32 Å². The molecule has 0 spiro atoms. The average molecular weight is 253 g/mol. The van der Waals surface area contributed by atoms with Gasteiger partial charge in [0.2, 0.25) is 0 Å². The van der Waals surface area contributed by atoms with E-state index in [0.29, 0.717) is 11.0 Å². The van der Waals surface area contributed by atoms with Gasteiger partial charge in [-0.15, -0.1) is 0 Å². The van der Waals surface area contributed by atoms with Gasteiger partial charge in [0.1, 0.15) is 0 Å². The van der Waals surface area contributed by atoms with Crippen molar-refractivity contribution in [3.63, 3.8) is 0 Å². The molecule has 1 rings (SSSR count). The molecular formula is C17H35N. The normalized spacial score (nSPS) is 24.7. The van der Waals surface area contributed by atoms with Crippen molar-refractivity contribution in [3.8, 4) is 0 Å². The van der Waals surface area contributed by atoms with E-state index >= 15 is 0 Å². The highest BCUT2D eigenvalue weighted by molar-refractivity contribution is 5.01. The van der Waals surface area contributed by atoms with Crippen LogP contribution in [-0.4, -0.2) is 12.1 Å². The lowest BCUT2D eigenvalue weighted by atomic mass is 9.70. The van der Waals surface area contributed by atoms with Crippen LogP contribution >= 0.6 is 0 Å². The number of hydrogen-bond acceptors (Lipinski definition) is 1. The van der Waals surface area contributed by atoms with E-state index in [1.54, 1.807) is 0 Å². The highest BCUT2D eigenvalue weighted by Crippen LogP contribution is 2.41. The maximum absolute atomic E-state index is 3.82. The molecule has 0 aromatic heterocycles. The first-order chi connectivity index (χ1) is 8.52. The molecule has 1 aliphatic rings. The fourth-order valence-corrected chi connectivity index (χ4v) is 3.42. The lowest BCUT2D eigenvalue weighted by Crippen LogP contribution is -2.50. The molecule has 18 heavy (non-hydrogen) atoms. The first-order valence-electron chi connectivity index (χ1n) is 8.27. The summed E-state index contributed by atoms with van der Waals surface area (Å²) in [5, 5.41) is 3.82. The van der Waals surface area contributed by atoms with Crippen molar-refractivity contribution in [3.05, 3.63) is 0 Å². The molecule has 1 N–H and O–H groups in total. The Morgan fingerprint density at radius 3 is 2.06 bits per heavy atom. The lowest BCUT2D eigenvalue weighted by Gasteiger charge is -2.42. The van der Waals surface area contributed by atoms with E-state index in [9.17, 15) is 0 Å². The van der Waals surface area contributed by atoms with Crippen molar-refractivity contribution < 1.29 is 0 Å². The highest BCUT2D eigenvalue weighted by Gasteiger charge is 2.42. The predicted molar refractivity (Wildman–Crippen MR) is 82.0 cm³/mol. The Balaban J connectivity index is 2.19. The van der Waals surface area contributed by atoms with E-state index in [1.165, 1.54) is 70.8 Å².